The third-order valence-corrected chi connectivity index (χ3v) is 4.16. The molecule has 0 radical (unpaired) electrons. The molecule has 0 saturated carbocycles. The summed E-state index contributed by atoms with van der Waals surface area (Å²) in [6.45, 7) is 3.89. The lowest BCUT2D eigenvalue weighted by Crippen LogP contribution is -2.39. The number of primary amides is 1. The van der Waals surface area contributed by atoms with E-state index >= 15 is 0 Å². The molecule has 6 nitrogen and oxygen atoms in total. The van der Waals surface area contributed by atoms with Gasteiger partial charge in [-0.05, 0) is 43.2 Å². The van der Waals surface area contributed by atoms with Gasteiger partial charge in [0.2, 0.25) is 5.91 Å². The summed E-state index contributed by atoms with van der Waals surface area (Å²) in [5.74, 6) is -0.833. The number of carbonyl (C=O) groups is 2. The van der Waals surface area contributed by atoms with E-state index in [1.165, 1.54) is 5.01 Å². The summed E-state index contributed by atoms with van der Waals surface area (Å²) < 4.78 is 0. The lowest BCUT2D eigenvalue weighted by Gasteiger charge is -2.20. The fourth-order valence-electron chi connectivity index (χ4n) is 2.75. The van der Waals surface area contributed by atoms with Crippen LogP contribution in [0.25, 0.3) is 0 Å². The first kappa shape index (κ1) is 16.7. The molecule has 0 aliphatic carbocycles. The fourth-order valence-corrected chi connectivity index (χ4v) is 2.75. The van der Waals surface area contributed by atoms with Gasteiger partial charge in [-0.2, -0.15) is 5.10 Å². The van der Waals surface area contributed by atoms with Crippen LogP contribution in [0.4, 0.5) is 11.4 Å². The molecule has 6 heteroatoms. The molecule has 3 rings (SSSR count). The normalized spacial score (nSPS) is 16.5. The number of nitrogens with one attached hydrogen (secondary N) is 1. The number of nitrogens with zero attached hydrogens (tertiary/aromatic N) is 2. The second-order valence-electron chi connectivity index (χ2n) is 6.12. The van der Waals surface area contributed by atoms with Crippen LogP contribution in [-0.2, 0) is 9.59 Å². The Morgan fingerprint density at radius 2 is 1.88 bits per heavy atom. The van der Waals surface area contributed by atoms with Gasteiger partial charge in [0, 0.05) is 12.1 Å². The zero-order valence-corrected chi connectivity index (χ0v) is 14.2. The molecule has 25 heavy (non-hydrogen) atoms. The Hall–Kier alpha value is -3.15. The van der Waals surface area contributed by atoms with E-state index in [1.54, 1.807) is 0 Å². The number of carbonyl (C=O) groups excluding carboxylic acids is 2. The molecule has 0 aromatic heterocycles. The summed E-state index contributed by atoms with van der Waals surface area (Å²) in [5, 5.41) is 8.74. The number of hydrazone groups is 1. The summed E-state index contributed by atoms with van der Waals surface area (Å²) in [6.07, 6.45) is 0.181. The second-order valence-corrected chi connectivity index (χ2v) is 6.12. The van der Waals surface area contributed by atoms with Gasteiger partial charge >= 0.3 is 0 Å². The van der Waals surface area contributed by atoms with E-state index in [-0.39, 0.29) is 18.0 Å². The topological polar surface area (TPSA) is 87.8 Å². The lowest BCUT2D eigenvalue weighted by molar-refractivity contribution is -0.119. The number of para-hydroxylation sites is 1. The molecule has 1 heterocycles. The summed E-state index contributed by atoms with van der Waals surface area (Å²) in [7, 11) is 0. The van der Waals surface area contributed by atoms with E-state index < -0.39 is 11.9 Å². The van der Waals surface area contributed by atoms with Crippen LogP contribution >= 0.6 is 0 Å². The van der Waals surface area contributed by atoms with Crippen LogP contribution in [0.2, 0.25) is 0 Å². The molecule has 2 aromatic carbocycles. The Labute approximate surface area is 146 Å². The molecule has 1 unspecified atom stereocenters. The molecule has 0 bridgehead atoms. The molecule has 2 amide bonds. The molecular weight excluding hydrogens is 316 g/mol. The minimum atomic E-state index is -0.665. The third-order valence-electron chi connectivity index (χ3n) is 4.16. The molecule has 0 spiro atoms. The van der Waals surface area contributed by atoms with Crippen molar-refractivity contribution in [2.75, 3.05) is 10.3 Å². The smallest absolute Gasteiger partial charge is 0.271 e. The zero-order valence-electron chi connectivity index (χ0n) is 14.2. The molecule has 1 atom stereocenters. The second kappa shape index (κ2) is 6.76. The van der Waals surface area contributed by atoms with E-state index in [2.05, 4.69) is 10.4 Å². The van der Waals surface area contributed by atoms with Crippen LogP contribution in [0.5, 0.6) is 0 Å². The Balaban J connectivity index is 1.85. The van der Waals surface area contributed by atoms with Gasteiger partial charge in [-0.15, -0.1) is 0 Å². The Bertz CT molecular complexity index is 846. The van der Waals surface area contributed by atoms with Crippen molar-refractivity contribution in [3.63, 3.8) is 0 Å². The summed E-state index contributed by atoms with van der Waals surface area (Å²) >= 11 is 0. The highest BCUT2D eigenvalue weighted by atomic mass is 16.2. The minimum absolute atomic E-state index is 0.181. The van der Waals surface area contributed by atoms with Crippen LogP contribution < -0.4 is 16.1 Å². The van der Waals surface area contributed by atoms with Gasteiger partial charge in [0.15, 0.2) is 0 Å². The van der Waals surface area contributed by atoms with Crippen LogP contribution in [-0.4, -0.2) is 23.6 Å². The third kappa shape index (κ3) is 3.52. The van der Waals surface area contributed by atoms with Crippen LogP contribution in [0.15, 0.2) is 53.6 Å². The van der Waals surface area contributed by atoms with Crippen LogP contribution in [0.1, 0.15) is 17.5 Å². The highest BCUT2D eigenvalue weighted by Crippen LogP contribution is 2.25. The molecule has 0 saturated heterocycles. The van der Waals surface area contributed by atoms with Crippen molar-refractivity contribution < 1.29 is 9.59 Å². The van der Waals surface area contributed by atoms with Crippen molar-refractivity contribution >= 4 is 28.9 Å². The van der Waals surface area contributed by atoms with Gasteiger partial charge in [0.1, 0.15) is 11.8 Å². The number of hydrogen-bond acceptors (Lipinski definition) is 4. The van der Waals surface area contributed by atoms with Crippen molar-refractivity contribution in [2.24, 2.45) is 10.8 Å². The van der Waals surface area contributed by atoms with Crippen LogP contribution in [0.3, 0.4) is 0 Å². The Morgan fingerprint density at radius 3 is 2.56 bits per heavy atom. The SMILES string of the molecule is Cc1ccc(C)c(NC(=O)C2=NN(c3ccccc3)C(C(N)=O)C2)c1. The largest absolute Gasteiger partial charge is 0.368 e. The Kier molecular flexibility index (Phi) is 4.52. The summed E-state index contributed by atoms with van der Waals surface area (Å²) in [5.41, 5.74) is 9.26. The summed E-state index contributed by atoms with van der Waals surface area (Å²) in [4.78, 5) is 24.4. The van der Waals surface area contributed by atoms with Gasteiger partial charge in [0.25, 0.3) is 5.91 Å². The predicted octanol–water partition coefficient (Wildman–Crippen LogP) is 2.36. The minimum Gasteiger partial charge on any atom is -0.368 e. The van der Waals surface area contributed by atoms with E-state index in [0.29, 0.717) is 0 Å². The first-order valence-electron chi connectivity index (χ1n) is 8.05. The maximum atomic E-state index is 12.6. The fraction of sp³-hybridized carbons (Fsp3) is 0.211. The molecule has 1 aliphatic heterocycles. The quantitative estimate of drug-likeness (QED) is 0.898. The molecule has 3 N–H and O–H groups in total. The van der Waals surface area contributed by atoms with Gasteiger partial charge < -0.3 is 11.1 Å². The summed E-state index contributed by atoms with van der Waals surface area (Å²) in [6, 6.07) is 14.4. The van der Waals surface area contributed by atoms with Crippen molar-refractivity contribution in [3.8, 4) is 0 Å². The zero-order chi connectivity index (χ0) is 18.0. The van der Waals surface area contributed by atoms with Gasteiger partial charge in [-0.1, -0.05) is 30.3 Å². The van der Waals surface area contributed by atoms with Gasteiger partial charge in [-0.3, -0.25) is 14.6 Å². The van der Waals surface area contributed by atoms with Gasteiger partial charge in [-0.25, -0.2) is 0 Å². The molecule has 2 aromatic rings. The maximum Gasteiger partial charge on any atom is 0.271 e. The number of aryl methyl sites for hydroxylation is 2. The number of rotatable bonds is 4. The molecule has 128 valence electrons. The standard InChI is InChI=1S/C19H20N4O2/c1-12-8-9-13(2)15(10-12)21-19(25)16-11-17(18(20)24)23(22-16)14-6-4-3-5-7-14/h3-10,17H,11H2,1-2H3,(H2,20,24)(H,21,25). The lowest BCUT2D eigenvalue weighted by atomic mass is 10.1. The number of benzene rings is 2. The van der Waals surface area contributed by atoms with Crippen molar-refractivity contribution in [1.82, 2.24) is 0 Å². The monoisotopic (exact) mass is 336 g/mol. The number of nitrogens with two attached hydrogens (primary N) is 1. The van der Waals surface area contributed by atoms with E-state index in [0.717, 1.165) is 22.5 Å². The predicted molar refractivity (Wildman–Crippen MR) is 98.5 cm³/mol. The Morgan fingerprint density at radius 1 is 1.16 bits per heavy atom. The highest BCUT2D eigenvalue weighted by molar-refractivity contribution is 6.44. The number of amides is 2. The van der Waals surface area contributed by atoms with Crippen molar-refractivity contribution in [2.45, 2.75) is 26.3 Å². The number of hydrogen-bond donors (Lipinski definition) is 2. The maximum absolute atomic E-state index is 12.6. The molecular formula is C19H20N4O2. The van der Waals surface area contributed by atoms with E-state index in [1.807, 2.05) is 62.4 Å². The molecule has 0 fully saturated rings. The average molecular weight is 336 g/mol. The number of anilines is 2. The van der Waals surface area contributed by atoms with Crippen molar-refractivity contribution in [3.05, 3.63) is 59.7 Å². The first-order valence-corrected chi connectivity index (χ1v) is 8.05. The van der Waals surface area contributed by atoms with Gasteiger partial charge in [0.05, 0.1) is 5.69 Å². The first-order chi connectivity index (χ1) is 12.0. The van der Waals surface area contributed by atoms with Crippen molar-refractivity contribution in [1.29, 1.82) is 0 Å². The van der Waals surface area contributed by atoms with Crippen LogP contribution in [0, 0.1) is 13.8 Å². The van der Waals surface area contributed by atoms with E-state index in [4.69, 9.17) is 5.73 Å². The average Bonchev–Trinajstić information content (AvgIpc) is 3.05. The molecule has 1 aliphatic rings. The van der Waals surface area contributed by atoms with E-state index in [9.17, 15) is 9.59 Å². The highest BCUT2D eigenvalue weighted by Gasteiger charge is 2.35.